The number of likely N-dealkylation sites (tertiary alicyclic amines) is 1. The van der Waals surface area contributed by atoms with Crippen molar-refractivity contribution >= 4 is 5.65 Å². The Balaban J connectivity index is 1.32. The summed E-state index contributed by atoms with van der Waals surface area (Å²) in [6.07, 6.45) is 12.4. The summed E-state index contributed by atoms with van der Waals surface area (Å²) in [7, 11) is 0. The van der Waals surface area contributed by atoms with Gasteiger partial charge in [0.2, 0.25) is 0 Å². The highest BCUT2D eigenvalue weighted by atomic mass is 15.2. The van der Waals surface area contributed by atoms with Crippen molar-refractivity contribution < 1.29 is 0 Å². The minimum atomic E-state index is 0.531. The van der Waals surface area contributed by atoms with E-state index < -0.39 is 0 Å². The van der Waals surface area contributed by atoms with Gasteiger partial charge in [0.05, 0.1) is 11.9 Å². The van der Waals surface area contributed by atoms with Crippen molar-refractivity contribution in [1.29, 1.82) is 0 Å². The lowest BCUT2D eigenvalue weighted by Gasteiger charge is -2.15. The van der Waals surface area contributed by atoms with Crippen molar-refractivity contribution in [3.63, 3.8) is 0 Å². The Morgan fingerprint density at radius 3 is 2.89 bits per heavy atom. The fourth-order valence-corrected chi connectivity index (χ4v) is 3.86. The minimum absolute atomic E-state index is 0.531. The zero-order chi connectivity index (χ0) is 18.1. The van der Waals surface area contributed by atoms with E-state index in [2.05, 4.69) is 37.1 Å². The first-order valence-corrected chi connectivity index (χ1v) is 9.23. The summed E-state index contributed by atoms with van der Waals surface area (Å²) >= 11 is 0. The Hall–Kier alpha value is -3.12. The summed E-state index contributed by atoms with van der Waals surface area (Å²) in [5.41, 5.74) is 5.62. The van der Waals surface area contributed by atoms with E-state index in [4.69, 9.17) is 0 Å². The SMILES string of the molecule is c1cnc2c(CN3CCC(c4ccnc(-c5ccncc5)c4)C3)cnn2c1. The summed E-state index contributed by atoms with van der Waals surface area (Å²) in [5, 5.41) is 4.40. The maximum atomic E-state index is 4.53. The van der Waals surface area contributed by atoms with Crippen LogP contribution in [0.15, 0.2) is 67.5 Å². The van der Waals surface area contributed by atoms with Gasteiger partial charge in [-0.3, -0.25) is 14.9 Å². The van der Waals surface area contributed by atoms with Gasteiger partial charge in [-0.1, -0.05) is 0 Å². The van der Waals surface area contributed by atoms with Gasteiger partial charge in [-0.05, 0) is 54.8 Å². The van der Waals surface area contributed by atoms with Gasteiger partial charge in [0, 0.05) is 55.2 Å². The average Bonchev–Trinajstić information content (AvgIpc) is 3.37. The number of aromatic nitrogens is 5. The van der Waals surface area contributed by atoms with Crippen molar-refractivity contribution in [2.75, 3.05) is 13.1 Å². The highest BCUT2D eigenvalue weighted by Crippen LogP contribution is 2.30. The van der Waals surface area contributed by atoms with E-state index in [-0.39, 0.29) is 0 Å². The zero-order valence-electron chi connectivity index (χ0n) is 14.9. The number of rotatable bonds is 4. The normalized spacial score (nSPS) is 17.6. The lowest BCUT2D eigenvalue weighted by atomic mass is 9.97. The molecule has 6 heteroatoms. The molecule has 6 nitrogen and oxygen atoms in total. The van der Waals surface area contributed by atoms with Crippen LogP contribution < -0.4 is 0 Å². The van der Waals surface area contributed by atoms with Crippen LogP contribution in [0.3, 0.4) is 0 Å². The Kier molecular flexibility index (Phi) is 4.10. The van der Waals surface area contributed by atoms with Crippen LogP contribution >= 0.6 is 0 Å². The highest BCUT2D eigenvalue weighted by Gasteiger charge is 2.25. The van der Waals surface area contributed by atoms with Gasteiger partial charge in [0.1, 0.15) is 0 Å². The quantitative estimate of drug-likeness (QED) is 0.562. The lowest BCUT2D eigenvalue weighted by molar-refractivity contribution is 0.328. The first-order valence-electron chi connectivity index (χ1n) is 9.23. The van der Waals surface area contributed by atoms with Crippen LogP contribution in [0.2, 0.25) is 0 Å². The first kappa shape index (κ1) is 16.1. The molecule has 0 saturated carbocycles. The third kappa shape index (κ3) is 3.19. The molecule has 4 aromatic rings. The molecular formula is C21H20N6. The van der Waals surface area contributed by atoms with Crippen LogP contribution in [-0.4, -0.2) is 42.6 Å². The second-order valence-corrected chi connectivity index (χ2v) is 6.99. The predicted molar refractivity (Wildman–Crippen MR) is 103 cm³/mol. The third-order valence-corrected chi connectivity index (χ3v) is 5.25. The minimum Gasteiger partial charge on any atom is -0.298 e. The van der Waals surface area contributed by atoms with Crippen LogP contribution in [0.5, 0.6) is 0 Å². The third-order valence-electron chi connectivity index (χ3n) is 5.25. The Bertz CT molecular complexity index is 1060. The molecule has 0 radical (unpaired) electrons. The van der Waals surface area contributed by atoms with Gasteiger partial charge < -0.3 is 0 Å². The second kappa shape index (κ2) is 6.89. The van der Waals surface area contributed by atoms with Crippen molar-refractivity contribution in [2.24, 2.45) is 0 Å². The molecule has 1 fully saturated rings. The van der Waals surface area contributed by atoms with Gasteiger partial charge >= 0.3 is 0 Å². The molecule has 0 N–H and O–H groups in total. The molecule has 1 aliphatic heterocycles. The molecule has 5 heterocycles. The molecule has 0 bridgehead atoms. The molecule has 0 aromatic carbocycles. The van der Waals surface area contributed by atoms with E-state index in [1.165, 1.54) is 11.1 Å². The maximum Gasteiger partial charge on any atom is 0.159 e. The van der Waals surface area contributed by atoms with Gasteiger partial charge in [-0.25, -0.2) is 9.50 Å². The molecule has 1 aliphatic rings. The van der Waals surface area contributed by atoms with Crippen molar-refractivity contribution in [2.45, 2.75) is 18.9 Å². The van der Waals surface area contributed by atoms with E-state index in [9.17, 15) is 0 Å². The monoisotopic (exact) mass is 356 g/mol. The summed E-state index contributed by atoms with van der Waals surface area (Å²) in [6.45, 7) is 3.02. The smallest absolute Gasteiger partial charge is 0.159 e. The zero-order valence-corrected chi connectivity index (χ0v) is 14.9. The Morgan fingerprint density at radius 1 is 1.04 bits per heavy atom. The number of hydrogen-bond donors (Lipinski definition) is 0. The molecule has 134 valence electrons. The van der Waals surface area contributed by atoms with E-state index in [1.54, 1.807) is 0 Å². The lowest BCUT2D eigenvalue weighted by Crippen LogP contribution is -2.19. The van der Waals surface area contributed by atoms with Crippen LogP contribution in [0.1, 0.15) is 23.5 Å². The first-order chi connectivity index (χ1) is 13.4. The van der Waals surface area contributed by atoms with Gasteiger partial charge in [0.25, 0.3) is 0 Å². The summed E-state index contributed by atoms with van der Waals surface area (Å²) in [5.74, 6) is 0.531. The van der Waals surface area contributed by atoms with Crippen molar-refractivity contribution in [3.8, 4) is 11.3 Å². The molecule has 4 aromatic heterocycles. The van der Waals surface area contributed by atoms with E-state index in [1.807, 2.05) is 59.9 Å². The molecule has 0 amide bonds. The Morgan fingerprint density at radius 2 is 1.96 bits per heavy atom. The number of fused-ring (bicyclic) bond motifs is 1. The highest BCUT2D eigenvalue weighted by molar-refractivity contribution is 5.59. The van der Waals surface area contributed by atoms with Crippen LogP contribution in [0, 0.1) is 0 Å². The Labute approximate surface area is 157 Å². The van der Waals surface area contributed by atoms with Gasteiger partial charge in [-0.2, -0.15) is 5.10 Å². The summed E-state index contributed by atoms with van der Waals surface area (Å²) in [4.78, 5) is 15.6. The number of nitrogens with zero attached hydrogens (tertiary/aromatic N) is 6. The second-order valence-electron chi connectivity index (χ2n) is 6.99. The molecule has 27 heavy (non-hydrogen) atoms. The standard InChI is InChI=1S/C21H20N6/c1-6-24-21-19(13-25-27(21)10-1)15-26-11-5-18(14-26)17-4-9-23-20(12-17)16-2-7-22-8-3-16/h1-4,6-10,12-13,18H,5,11,14-15H2. The average molecular weight is 356 g/mol. The topological polar surface area (TPSA) is 59.2 Å². The van der Waals surface area contributed by atoms with Crippen molar-refractivity contribution in [1.82, 2.24) is 29.5 Å². The van der Waals surface area contributed by atoms with Crippen LogP contribution in [0.4, 0.5) is 0 Å². The largest absolute Gasteiger partial charge is 0.298 e. The molecule has 0 spiro atoms. The molecular weight excluding hydrogens is 336 g/mol. The number of hydrogen-bond acceptors (Lipinski definition) is 5. The van der Waals surface area contributed by atoms with Gasteiger partial charge in [0.15, 0.2) is 5.65 Å². The molecule has 5 rings (SSSR count). The van der Waals surface area contributed by atoms with Gasteiger partial charge in [-0.15, -0.1) is 0 Å². The van der Waals surface area contributed by atoms with E-state index in [0.29, 0.717) is 5.92 Å². The summed E-state index contributed by atoms with van der Waals surface area (Å²) in [6, 6.07) is 10.3. The van der Waals surface area contributed by atoms with Crippen LogP contribution in [-0.2, 0) is 6.54 Å². The van der Waals surface area contributed by atoms with Crippen LogP contribution in [0.25, 0.3) is 16.9 Å². The maximum absolute atomic E-state index is 4.53. The van der Waals surface area contributed by atoms with E-state index in [0.717, 1.165) is 43.0 Å². The fourth-order valence-electron chi connectivity index (χ4n) is 3.86. The fraction of sp³-hybridized carbons (Fsp3) is 0.238. The summed E-state index contributed by atoms with van der Waals surface area (Å²) < 4.78 is 1.84. The molecule has 1 unspecified atom stereocenters. The molecule has 1 atom stereocenters. The van der Waals surface area contributed by atoms with Crippen molar-refractivity contribution in [3.05, 3.63) is 78.6 Å². The predicted octanol–water partition coefficient (Wildman–Crippen LogP) is 3.18. The molecule has 1 saturated heterocycles. The molecule has 0 aliphatic carbocycles. The van der Waals surface area contributed by atoms with E-state index >= 15 is 0 Å². The number of pyridine rings is 2.